The van der Waals surface area contributed by atoms with Gasteiger partial charge in [-0.15, -0.1) is 34.8 Å². The lowest BCUT2D eigenvalue weighted by molar-refractivity contribution is -0.133. The van der Waals surface area contributed by atoms with Gasteiger partial charge < -0.3 is 15.2 Å². The average Bonchev–Trinajstić information content (AvgIpc) is 2.78. The number of halogens is 3. The molecule has 2 N–H and O–H groups in total. The highest BCUT2D eigenvalue weighted by molar-refractivity contribution is 7.89. The van der Waals surface area contributed by atoms with Crippen molar-refractivity contribution in [2.45, 2.75) is 110 Å². The molecule has 1 aliphatic heterocycles. The number of nitrogens with zero attached hydrogens (tertiary/aromatic N) is 1. The van der Waals surface area contributed by atoms with Crippen LogP contribution in [0.25, 0.3) is 0 Å². The Morgan fingerprint density at radius 2 is 1.67 bits per heavy atom. The maximum absolute atomic E-state index is 13.6. The second kappa shape index (κ2) is 11.1. The minimum atomic E-state index is -3.58. The zero-order valence-corrected chi connectivity index (χ0v) is 21.8. The van der Waals surface area contributed by atoms with E-state index in [0.29, 0.717) is 44.9 Å². The number of aliphatic hydroxyl groups excluding tert-OH is 1. The quantitative estimate of drug-likeness (QED) is 0.518. The Kier molecular flexibility index (Phi) is 8.79. The van der Waals surface area contributed by atoms with Gasteiger partial charge in [-0.2, -0.15) is 4.31 Å². The topological polar surface area (TPSA) is 95.9 Å². The number of rotatable bonds is 5. The van der Waals surface area contributed by atoms with Gasteiger partial charge >= 0.3 is 0 Å². The van der Waals surface area contributed by atoms with Gasteiger partial charge in [-0.25, -0.2) is 8.42 Å². The Morgan fingerprint density at radius 1 is 1.00 bits per heavy atom. The number of amides is 1. The van der Waals surface area contributed by atoms with Crippen LogP contribution >= 0.6 is 34.8 Å². The van der Waals surface area contributed by atoms with E-state index < -0.39 is 27.3 Å². The predicted molar refractivity (Wildman–Crippen MR) is 129 cm³/mol. The molecule has 0 aromatic heterocycles. The van der Waals surface area contributed by atoms with Crippen molar-refractivity contribution < 1.29 is 23.1 Å². The normalized spacial score (nSPS) is 43.0. The number of ether oxygens (including phenoxy) is 1. The third-order valence-electron chi connectivity index (χ3n) is 7.82. The van der Waals surface area contributed by atoms with Crippen molar-refractivity contribution in [2.75, 3.05) is 13.2 Å². The van der Waals surface area contributed by atoms with Gasteiger partial charge in [0.1, 0.15) is 0 Å². The van der Waals surface area contributed by atoms with Gasteiger partial charge in [0.15, 0.2) is 0 Å². The number of carbonyl (C=O) groups is 1. The molecule has 33 heavy (non-hydrogen) atoms. The van der Waals surface area contributed by atoms with E-state index in [1.165, 1.54) is 0 Å². The number of alkyl halides is 3. The van der Waals surface area contributed by atoms with E-state index in [9.17, 15) is 18.3 Å². The summed E-state index contributed by atoms with van der Waals surface area (Å²) in [6.45, 7) is -0.0860. The molecular weight excluding hydrogens is 511 g/mol. The fourth-order valence-electron chi connectivity index (χ4n) is 5.96. The standard InChI is InChI=1S/C22H35Cl3N2O5S/c23-13-4-7-16(8-5-13)33(30,31)27-11-15(12-28)32-20-9-6-14(10-19(20)27)26-22(29)21-17(24)2-1-3-18(21)25/h13-21,28H,1-12H2,(H,26,29)/t13?,14?,15-,16?,17?,18?,19?,20?,21?/m1/s1. The van der Waals surface area contributed by atoms with Crippen molar-refractivity contribution >= 4 is 50.7 Å². The summed E-state index contributed by atoms with van der Waals surface area (Å²) < 4.78 is 34.9. The van der Waals surface area contributed by atoms with Crippen LogP contribution in [0.5, 0.6) is 0 Å². The van der Waals surface area contributed by atoms with Crippen LogP contribution in [0.4, 0.5) is 0 Å². The van der Waals surface area contributed by atoms with Crippen molar-refractivity contribution in [1.82, 2.24) is 9.62 Å². The fraction of sp³-hybridized carbons (Fsp3) is 0.955. The van der Waals surface area contributed by atoms with Crippen molar-refractivity contribution in [3.8, 4) is 0 Å². The number of aliphatic hydroxyl groups is 1. The summed E-state index contributed by atoms with van der Waals surface area (Å²) in [5.74, 6) is -0.579. The highest BCUT2D eigenvalue weighted by atomic mass is 35.5. The molecule has 3 saturated carbocycles. The van der Waals surface area contributed by atoms with Gasteiger partial charge in [-0.3, -0.25) is 4.79 Å². The first kappa shape index (κ1) is 26.2. The van der Waals surface area contributed by atoms with E-state index in [1.807, 2.05) is 0 Å². The zero-order valence-electron chi connectivity index (χ0n) is 18.8. The average molecular weight is 546 g/mol. The number of sulfonamides is 1. The highest BCUT2D eigenvalue weighted by Gasteiger charge is 2.48. The van der Waals surface area contributed by atoms with Crippen LogP contribution in [-0.4, -0.2) is 82.6 Å². The number of fused-ring (bicyclic) bond motifs is 1. The van der Waals surface area contributed by atoms with Crippen LogP contribution in [0.3, 0.4) is 0 Å². The van der Waals surface area contributed by atoms with Crippen LogP contribution in [0.2, 0.25) is 0 Å². The monoisotopic (exact) mass is 544 g/mol. The molecule has 0 aromatic carbocycles. The third kappa shape index (κ3) is 5.78. The Labute approximate surface area is 211 Å². The first-order valence-corrected chi connectivity index (χ1v) is 15.0. The lowest BCUT2D eigenvalue weighted by Crippen LogP contribution is -2.63. The molecule has 1 heterocycles. The molecule has 5 unspecified atom stereocenters. The molecule has 0 radical (unpaired) electrons. The predicted octanol–water partition coefficient (Wildman–Crippen LogP) is 2.98. The highest BCUT2D eigenvalue weighted by Crippen LogP contribution is 2.38. The lowest BCUT2D eigenvalue weighted by Gasteiger charge is -2.49. The molecular formula is C22H35Cl3N2O5S. The van der Waals surface area contributed by atoms with E-state index in [-0.39, 0.29) is 53.4 Å². The number of morpholine rings is 1. The minimum absolute atomic E-state index is 0.0321. The van der Waals surface area contributed by atoms with Crippen LogP contribution in [0, 0.1) is 5.92 Å². The number of hydrogen-bond acceptors (Lipinski definition) is 5. The zero-order chi connectivity index (χ0) is 23.8. The van der Waals surface area contributed by atoms with Gasteiger partial charge in [0.05, 0.1) is 36.0 Å². The van der Waals surface area contributed by atoms with Crippen LogP contribution in [0.15, 0.2) is 0 Å². The Bertz CT molecular complexity index is 785. The van der Waals surface area contributed by atoms with Crippen molar-refractivity contribution in [1.29, 1.82) is 0 Å². The molecule has 11 heteroatoms. The van der Waals surface area contributed by atoms with E-state index in [1.54, 1.807) is 4.31 Å². The first-order valence-electron chi connectivity index (χ1n) is 12.2. The van der Waals surface area contributed by atoms with E-state index >= 15 is 0 Å². The summed E-state index contributed by atoms with van der Waals surface area (Å²) in [6, 6.07) is -0.533. The maximum atomic E-state index is 13.6. The largest absolute Gasteiger partial charge is 0.394 e. The molecule has 190 valence electrons. The molecule has 3 aliphatic carbocycles. The molecule has 0 aromatic rings. The van der Waals surface area contributed by atoms with Gasteiger partial charge in [-0.1, -0.05) is 6.42 Å². The second-order valence-electron chi connectivity index (χ2n) is 10.0. The third-order valence-corrected chi connectivity index (χ3v) is 11.6. The molecule has 6 atom stereocenters. The molecule has 7 nitrogen and oxygen atoms in total. The molecule has 1 amide bonds. The summed E-state index contributed by atoms with van der Waals surface area (Å²) in [6.07, 6.45) is 5.87. The Hall–Kier alpha value is 0.170. The SMILES string of the molecule is O=C(NC1CCC2O[C@@H](CO)CN(S(=O)(=O)C3CCC(Cl)CC3)C2C1)C1C(Cl)CCCC1Cl. The van der Waals surface area contributed by atoms with Crippen LogP contribution in [-0.2, 0) is 19.6 Å². The van der Waals surface area contributed by atoms with Gasteiger partial charge in [-0.05, 0) is 57.8 Å². The molecule has 0 spiro atoms. The lowest BCUT2D eigenvalue weighted by atomic mass is 9.84. The Morgan fingerprint density at radius 3 is 2.30 bits per heavy atom. The minimum Gasteiger partial charge on any atom is -0.394 e. The Balaban J connectivity index is 1.47. The van der Waals surface area contributed by atoms with Gasteiger partial charge in [0, 0.05) is 28.7 Å². The fourth-order valence-corrected chi connectivity index (χ4v) is 9.40. The van der Waals surface area contributed by atoms with Gasteiger partial charge in [0.2, 0.25) is 15.9 Å². The maximum Gasteiger partial charge on any atom is 0.226 e. The summed E-state index contributed by atoms with van der Waals surface area (Å²) in [7, 11) is -3.58. The molecule has 0 bridgehead atoms. The molecule has 1 saturated heterocycles. The summed E-state index contributed by atoms with van der Waals surface area (Å²) >= 11 is 19.1. The molecule has 4 rings (SSSR count). The first-order chi connectivity index (χ1) is 15.7. The second-order valence-corrected chi connectivity index (χ2v) is 13.9. The van der Waals surface area contributed by atoms with Crippen molar-refractivity contribution in [3.63, 3.8) is 0 Å². The van der Waals surface area contributed by atoms with Gasteiger partial charge in [0.25, 0.3) is 0 Å². The number of hydrogen-bond donors (Lipinski definition) is 2. The smallest absolute Gasteiger partial charge is 0.226 e. The molecule has 4 aliphatic rings. The van der Waals surface area contributed by atoms with E-state index in [0.717, 1.165) is 19.3 Å². The van der Waals surface area contributed by atoms with Crippen molar-refractivity contribution in [2.24, 2.45) is 5.92 Å². The molecule has 4 fully saturated rings. The number of carbonyl (C=O) groups excluding carboxylic acids is 1. The summed E-state index contributed by atoms with van der Waals surface area (Å²) in [5.41, 5.74) is 0. The number of nitrogens with one attached hydrogen (secondary N) is 1. The van der Waals surface area contributed by atoms with Crippen LogP contribution < -0.4 is 5.32 Å². The van der Waals surface area contributed by atoms with E-state index in [4.69, 9.17) is 39.5 Å². The summed E-state index contributed by atoms with van der Waals surface area (Å²) in [4.78, 5) is 13.0. The van der Waals surface area contributed by atoms with Crippen molar-refractivity contribution in [3.05, 3.63) is 0 Å². The van der Waals surface area contributed by atoms with E-state index in [2.05, 4.69) is 5.32 Å². The van der Waals surface area contributed by atoms with Crippen LogP contribution in [0.1, 0.15) is 64.2 Å². The summed E-state index contributed by atoms with van der Waals surface area (Å²) in [5, 5.41) is 11.8.